The molecule has 0 aliphatic heterocycles. The molecule has 0 fully saturated rings. The highest BCUT2D eigenvalue weighted by Gasteiger charge is 2.31. The van der Waals surface area contributed by atoms with E-state index in [0.29, 0.717) is 0 Å². The van der Waals surface area contributed by atoms with Crippen LogP contribution in [0.5, 0.6) is 5.75 Å². The molecule has 0 atom stereocenters. The predicted octanol–water partition coefficient (Wildman–Crippen LogP) is 2.69. The Labute approximate surface area is 79.5 Å². The van der Waals surface area contributed by atoms with Crippen LogP contribution >= 0.6 is 0 Å². The Bertz CT molecular complexity index is 322. The van der Waals surface area contributed by atoms with Crippen molar-refractivity contribution in [2.45, 2.75) is 13.1 Å². The van der Waals surface area contributed by atoms with Gasteiger partial charge < -0.3 is 10.5 Å². The van der Waals surface area contributed by atoms with E-state index in [9.17, 15) is 13.2 Å². The fraction of sp³-hybridized carbons (Fsp3) is 0.333. The smallest absolute Gasteiger partial charge is 0.416 e. The Kier molecular flexibility index (Phi) is 2.88. The van der Waals surface area contributed by atoms with Crippen molar-refractivity contribution in [3.05, 3.63) is 23.8 Å². The summed E-state index contributed by atoms with van der Waals surface area (Å²) in [5.74, 6) is 0.0716. The molecule has 0 aliphatic carbocycles. The summed E-state index contributed by atoms with van der Waals surface area (Å²) in [6, 6.07) is 3.02. The van der Waals surface area contributed by atoms with Crippen LogP contribution in [0.3, 0.4) is 0 Å². The standard InChI is InChI=1S/C9H10F3NO/c1-2-14-8-5-6(9(10,11)12)3-4-7(8)13/h3-5H,2,13H2,1H3. The molecule has 0 saturated carbocycles. The third-order valence-electron chi connectivity index (χ3n) is 1.64. The number of halogens is 3. The molecule has 0 spiro atoms. The maximum absolute atomic E-state index is 12.2. The molecule has 78 valence electrons. The molecule has 0 aromatic heterocycles. The van der Waals surface area contributed by atoms with Crippen molar-refractivity contribution < 1.29 is 17.9 Å². The first kappa shape index (κ1) is 10.7. The van der Waals surface area contributed by atoms with Crippen molar-refractivity contribution in [3.63, 3.8) is 0 Å². The molecular weight excluding hydrogens is 195 g/mol. The molecular formula is C9H10F3NO. The molecule has 5 heteroatoms. The Hall–Kier alpha value is -1.39. The monoisotopic (exact) mass is 205 g/mol. The zero-order valence-corrected chi connectivity index (χ0v) is 7.56. The van der Waals surface area contributed by atoms with Gasteiger partial charge in [-0.05, 0) is 25.1 Å². The minimum Gasteiger partial charge on any atom is -0.492 e. The third-order valence-corrected chi connectivity index (χ3v) is 1.64. The highest BCUT2D eigenvalue weighted by atomic mass is 19.4. The van der Waals surface area contributed by atoms with E-state index in [0.717, 1.165) is 12.1 Å². The van der Waals surface area contributed by atoms with Gasteiger partial charge in [0.05, 0.1) is 17.9 Å². The van der Waals surface area contributed by atoms with Crippen LogP contribution in [0.25, 0.3) is 0 Å². The summed E-state index contributed by atoms with van der Waals surface area (Å²) < 4.78 is 41.7. The second-order valence-corrected chi connectivity index (χ2v) is 2.68. The molecule has 1 aromatic rings. The van der Waals surface area contributed by atoms with Crippen molar-refractivity contribution in [2.24, 2.45) is 0 Å². The van der Waals surface area contributed by atoms with E-state index < -0.39 is 11.7 Å². The third kappa shape index (κ3) is 2.31. The average molecular weight is 205 g/mol. The van der Waals surface area contributed by atoms with E-state index in [2.05, 4.69) is 0 Å². The van der Waals surface area contributed by atoms with Crippen LogP contribution in [-0.4, -0.2) is 6.61 Å². The number of anilines is 1. The largest absolute Gasteiger partial charge is 0.492 e. The maximum atomic E-state index is 12.2. The van der Waals surface area contributed by atoms with Gasteiger partial charge in [-0.1, -0.05) is 0 Å². The number of ether oxygens (including phenoxy) is 1. The van der Waals surface area contributed by atoms with Crippen molar-refractivity contribution in [2.75, 3.05) is 12.3 Å². The number of nitrogen functional groups attached to an aromatic ring is 1. The molecule has 1 aromatic carbocycles. The Morgan fingerprint density at radius 3 is 2.50 bits per heavy atom. The van der Waals surface area contributed by atoms with E-state index in [1.54, 1.807) is 6.92 Å². The Morgan fingerprint density at radius 2 is 2.00 bits per heavy atom. The molecule has 0 amide bonds. The van der Waals surface area contributed by atoms with Crippen LogP contribution in [0.15, 0.2) is 18.2 Å². The zero-order valence-electron chi connectivity index (χ0n) is 7.56. The lowest BCUT2D eigenvalue weighted by atomic mass is 10.2. The second-order valence-electron chi connectivity index (χ2n) is 2.68. The minimum atomic E-state index is -4.36. The van der Waals surface area contributed by atoms with Crippen LogP contribution < -0.4 is 10.5 Å². The van der Waals surface area contributed by atoms with E-state index in [-0.39, 0.29) is 18.0 Å². The minimum absolute atomic E-state index is 0.0716. The summed E-state index contributed by atoms with van der Waals surface area (Å²) >= 11 is 0. The van der Waals surface area contributed by atoms with Crippen LogP contribution in [0.2, 0.25) is 0 Å². The molecule has 0 bridgehead atoms. The Balaban J connectivity index is 3.06. The first-order chi connectivity index (χ1) is 6.45. The highest BCUT2D eigenvalue weighted by molar-refractivity contribution is 5.54. The number of rotatable bonds is 2. The number of nitrogens with two attached hydrogens (primary N) is 1. The molecule has 0 saturated heterocycles. The van der Waals surface area contributed by atoms with Gasteiger partial charge in [-0.25, -0.2) is 0 Å². The number of hydrogen-bond donors (Lipinski definition) is 1. The predicted molar refractivity (Wildman–Crippen MR) is 47.0 cm³/mol. The summed E-state index contributed by atoms with van der Waals surface area (Å²) in [6.45, 7) is 1.96. The summed E-state index contributed by atoms with van der Waals surface area (Å²) in [6.07, 6.45) is -4.36. The molecule has 0 radical (unpaired) electrons. The van der Waals surface area contributed by atoms with Crippen LogP contribution in [0.1, 0.15) is 12.5 Å². The molecule has 14 heavy (non-hydrogen) atoms. The fourth-order valence-corrected chi connectivity index (χ4v) is 0.991. The number of hydrogen-bond acceptors (Lipinski definition) is 2. The quantitative estimate of drug-likeness (QED) is 0.753. The lowest BCUT2D eigenvalue weighted by molar-refractivity contribution is -0.137. The van der Waals surface area contributed by atoms with Gasteiger partial charge >= 0.3 is 6.18 Å². The van der Waals surface area contributed by atoms with Gasteiger partial charge in [-0.2, -0.15) is 13.2 Å². The summed E-state index contributed by atoms with van der Waals surface area (Å²) in [5.41, 5.74) is 4.88. The van der Waals surface area contributed by atoms with Gasteiger partial charge in [0.2, 0.25) is 0 Å². The van der Waals surface area contributed by atoms with Gasteiger partial charge in [0.1, 0.15) is 5.75 Å². The lowest BCUT2D eigenvalue weighted by Crippen LogP contribution is -2.06. The van der Waals surface area contributed by atoms with Crippen LogP contribution in [0.4, 0.5) is 18.9 Å². The van der Waals surface area contributed by atoms with Gasteiger partial charge in [0.15, 0.2) is 0 Å². The molecule has 1 rings (SSSR count). The first-order valence-corrected chi connectivity index (χ1v) is 4.04. The van der Waals surface area contributed by atoms with Crippen molar-refractivity contribution in [1.29, 1.82) is 0 Å². The topological polar surface area (TPSA) is 35.2 Å². The van der Waals surface area contributed by atoms with Crippen LogP contribution in [0, 0.1) is 0 Å². The van der Waals surface area contributed by atoms with Gasteiger partial charge in [0, 0.05) is 0 Å². The fourth-order valence-electron chi connectivity index (χ4n) is 0.991. The molecule has 2 N–H and O–H groups in total. The normalized spacial score (nSPS) is 11.4. The summed E-state index contributed by atoms with van der Waals surface area (Å²) in [4.78, 5) is 0. The van der Waals surface area contributed by atoms with Crippen molar-refractivity contribution >= 4 is 5.69 Å². The van der Waals surface area contributed by atoms with E-state index in [1.807, 2.05) is 0 Å². The van der Waals surface area contributed by atoms with Gasteiger partial charge in [-0.3, -0.25) is 0 Å². The van der Waals surface area contributed by atoms with Gasteiger partial charge in [-0.15, -0.1) is 0 Å². The number of benzene rings is 1. The molecule has 0 aliphatic rings. The lowest BCUT2D eigenvalue weighted by Gasteiger charge is -2.11. The average Bonchev–Trinajstić information content (AvgIpc) is 2.07. The summed E-state index contributed by atoms with van der Waals surface area (Å²) in [7, 11) is 0. The van der Waals surface area contributed by atoms with Crippen molar-refractivity contribution in [3.8, 4) is 5.75 Å². The van der Waals surface area contributed by atoms with E-state index >= 15 is 0 Å². The van der Waals surface area contributed by atoms with Crippen molar-refractivity contribution in [1.82, 2.24) is 0 Å². The Morgan fingerprint density at radius 1 is 1.36 bits per heavy atom. The molecule has 0 unspecified atom stereocenters. The second kappa shape index (κ2) is 3.77. The highest BCUT2D eigenvalue weighted by Crippen LogP contribution is 2.33. The summed E-state index contributed by atoms with van der Waals surface area (Å²) in [5, 5.41) is 0. The number of alkyl halides is 3. The maximum Gasteiger partial charge on any atom is 0.416 e. The zero-order chi connectivity index (χ0) is 10.8. The van der Waals surface area contributed by atoms with E-state index in [1.165, 1.54) is 6.07 Å². The molecule has 0 heterocycles. The van der Waals surface area contributed by atoms with Gasteiger partial charge in [0.25, 0.3) is 0 Å². The molecule has 2 nitrogen and oxygen atoms in total. The SMILES string of the molecule is CCOc1cc(C(F)(F)F)ccc1N. The first-order valence-electron chi connectivity index (χ1n) is 4.04. The van der Waals surface area contributed by atoms with E-state index in [4.69, 9.17) is 10.5 Å². The van der Waals surface area contributed by atoms with Crippen LogP contribution in [-0.2, 0) is 6.18 Å².